The number of benzene rings is 2. The van der Waals surface area contributed by atoms with E-state index in [1.165, 1.54) is 33.0 Å². The third-order valence-electron chi connectivity index (χ3n) is 6.25. The molecule has 0 N–H and O–H groups in total. The van der Waals surface area contributed by atoms with E-state index in [2.05, 4.69) is 73.5 Å². The molecule has 2 heteroatoms. The van der Waals surface area contributed by atoms with Crippen molar-refractivity contribution in [3.05, 3.63) is 82.7 Å². The molecule has 0 amide bonds. The maximum atomic E-state index is 6.53. The molecule has 126 valence electrons. The van der Waals surface area contributed by atoms with Crippen molar-refractivity contribution in [2.24, 2.45) is 0 Å². The molecule has 3 aromatic rings. The molecule has 2 aromatic carbocycles. The van der Waals surface area contributed by atoms with E-state index in [1.807, 2.05) is 12.3 Å². The normalized spacial score (nSPS) is 23.7. The van der Waals surface area contributed by atoms with Crippen molar-refractivity contribution >= 4 is 22.9 Å². The molecule has 2 nitrogen and oxygen atoms in total. The molecule has 3 aliphatic rings. The Morgan fingerprint density at radius 3 is 2.85 bits per heavy atom. The van der Waals surface area contributed by atoms with Gasteiger partial charge in [0.1, 0.15) is 11.9 Å². The van der Waals surface area contributed by atoms with E-state index in [1.54, 1.807) is 0 Å². The summed E-state index contributed by atoms with van der Waals surface area (Å²) >= 11 is 0. The van der Waals surface area contributed by atoms with Crippen LogP contribution in [0.3, 0.4) is 0 Å². The van der Waals surface area contributed by atoms with Crippen molar-refractivity contribution in [2.45, 2.75) is 31.3 Å². The summed E-state index contributed by atoms with van der Waals surface area (Å²) in [5.41, 5.74) is 6.26. The molecule has 0 spiro atoms. The molecule has 1 aromatic heterocycles. The lowest BCUT2D eigenvalue weighted by molar-refractivity contribution is 0.178. The van der Waals surface area contributed by atoms with Gasteiger partial charge in [-0.3, -0.25) is 4.98 Å². The predicted molar refractivity (Wildman–Crippen MR) is 105 cm³/mol. The first kappa shape index (κ1) is 14.3. The SMILES string of the molecule is CC1(C)C2=Cc3ccc4cccc5c4c3C(C=C5)C2Oc2cccnc21. The lowest BCUT2D eigenvalue weighted by atomic mass is 9.66. The van der Waals surface area contributed by atoms with Crippen molar-refractivity contribution < 1.29 is 4.74 Å². The molecular formula is C24H19NO. The molecule has 0 fully saturated rings. The van der Waals surface area contributed by atoms with E-state index in [4.69, 9.17) is 4.74 Å². The summed E-state index contributed by atoms with van der Waals surface area (Å²) in [4.78, 5) is 4.65. The minimum Gasteiger partial charge on any atom is -0.483 e. The minimum absolute atomic E-state index is 0.0319. The molecular weight excluding hydrogens is 318 g/mol. The zero-order chi connectivity index (χ0) is 17.5. The van der Waals surface area contributed by atoms with Crippen molar-refractivity contribution in [1.29, 1.82) is 0 Å². The monoisotopic (exact) mass is 337 g/mol. The molecule has 2 unspecified atom stereocenters. The molecule has 26 heavy (non-hydrogen) atoms. The van der Waals surface area contributed by atoms with Crippen LogP contribution in [0.5, 0.6) is 5.75 Å². The van der Waals surface area contributed by atoms with Crippen LogP contribution < -0.4 is 4.74 Å². The molecule has 6 rings (SSSR count). The molecule has 2 heterocycles. The lowest BCUT2D eigenvalue weighted by Gasteiger charge is -2.45. The number of pyridine rings is 1. The fraction of sp³-hybridized carbons (Fsp3) is 0.208. The van der Waals surface area contributed by atoms with E-state index in [0.717, 1.165) is 11.4 Å². The van der Waals surface area contributed by atoms with Crippen LogP contribution in [0.2, 0.25) is 0 Å². The van der Waals surface area contributed by atoms with Gasteiger partial charge in [-0.1, -0.05) is 62.4 Å². The van der Waals surface area contributed by atoms with Crippen LogP contribution in [0.25, 0.3) is 22.9 Å². The number of hydrogen-bond donors (Lipinski definition) is 0. The summed E-state index contributed by atoms with van der Waals surface area (Å²) in [5.74, 6) is 1.17. The molecule has 2 aliphatic carbocycles. The van der Waals surface area contributed by atoms with Crippen LogP contribution in [0.15, 0.2) is 60.3 Å². The van der Waals surface area contributed by atoms with Gasteiger partial charge in [0.2, 0.25) is 0 Å². The van der Waals surface area contributed by atoms with Gasteiger partial charge in [-0.2, -0.15) is 0 Å². The topological polar surface area (TPSA) is 22.1 Å². The van der Waals surface area contributed by atoms with Crippen LogP contribution in [0.4, 0.5) is 0 Å². The molecule has 0 radical (unpaired) electrons. The highest BCUT2D eigenvalue weighted by atomic mass is 16.5. The zero-order valence-corrected chi connectivity index (χ0v) is 14.9. The molecule has 0 bridgehead atoms. The number of fused-ring (bicyclic) bond motifs is 3. The Labute approximate surface area is 152 Å². The Bertz CT molecular complexity index is 1150. The lowest BCUT2D eigenvalue weighted by Crippen LogP contribution is -2.43. The second kappa shape index (κ2) is 4.64. The fourth-order valence-electron chi connectivity index (χ4n) is 4.98. The Morgan fingerprint density at radius 2 is 1.92 bits per heavy atom. The van der Waals surface area contributed by atoms with Crippen molar-refractivity contribution in [3.8, 4) is 5.75 Å². The maximum Gasteiger partial charge on any atom is 0.142 e. The van der Waals surface area contributed by atoms with Crippen molar-refractivity contribution in [3.63, 3.8) is 0 Å². The highest BCUT2D eigenvalue weighted by molar-refractivity contribution is 5.99. The van der Waals surface area contributed by atoms with Gasteiger partial charge in [0.05, 0.1) is 5.69 Å². The molecule has 2 atom stereocenters. The van der Waals surface area contributed by atoms with Crippen LogP contribution in [0, 0.1) is 0 Å². The Morgan fingerprint density at radius 1 is 1.00 bits per heavy atom. The highest BCUT2D eigenvalue weighted by Gasteiger charge is 2.46. The van der Waals surface area contributed by atoms with Crippen molar-refractivity contribution in [1.82, 2.24) is 4.98 Å². The number of hydrogen-bond acceptors (Lipinski definition) is 2. The summed E-state index contributed by atoms with van der Waals surface area (Å²) in [7, 11) is 0. The quantitative estimate of drug-likeness (QED) is 0.542. The fourth-order valence-corrected chi connectivity index (χ4v) is 4.98. The minimum atomic E-state index is -0.142. The first-order valence-corrected chi connectivity index (χ1v) is 9.23. The van der Waals surface area contributed by atoms with E-state index in [-0.39, 0.29) is 17.4 Å². The highest BCUT2D eigenvalue weighted by Crippen LogP contribution is 2.52. The van der Waals surface area contributed by atoms with Gasteiger partial charge in [0.25, 0.3) is 0 Å². The van der Waals surface area contributed by atoms with Crippen LogP contribution in [-0.4, -0.2) is 11.1 Å². The van der Waals surface area contributed by atoms with Crippen LogP contribution >= 0.6 is 0 Å². The smallest absolute Gasteiger partial charge is 0.142 e. The third-order valence-corrected chi connectivity index (χ3v) is 6.25. The van der Waals surface area contributed by atoms with Gasteiger partial charge >= 0.3 is 0 Å². The van der Waals surface area contributed by atoms with E-state index >= 15 is 0 Å². The first-order valence-electron chi connectivity index (χ1n) is 9.23. The second-order valence-electron chi connectivity index (χ2n) is 8.01. The average Bonchev–Trinajstić information content (AvgIpc) is 2.66. The van der Waals surface area contributed by atoms with Gasteiger partial charge in [-0.05, 0) is 45.2 Å². The van der Waals surface area contributed by atoms with Gasteiger partial charge in [0.15, 0.2) is 0 Å². The summed E-state index contributed by atoms with van der Waals surface area (Å²) in [5, 5.41) is 2.69. The van der Waals surface area contributed by atoms with E-state index in [0.29, 0.717) is 0 Å². The Kier molecular flexibility index (Phi) is 2.56. The third kappa shape index (κ3) is 1.65. The van der Waals surface area contributed by atoms with Crippen molar-refractivity contribution in [2.75, 3.05) is 0 Å². The average molecular weight is 337 g/mol. The summed E-state index contributed by atoms with van der Waals surface area (Å²) < 4.78 is 6.53. The van der Waals surface area contributed by atoms with Gasteiger partial charge in [-0.15, -0.1) is 0 Å². The van der Waals surface area contributed by atoms with Crippen LogP contribution in [0.1, 0.15) is 42.1 Å². The summed E-state index contributed by atoms with van der Waals surface area (Å²) in [6.45, 7) is 4.54. The predicted octanol–water partition coefficient (Wildman–Crippen LogP) is 5.48. The first-order chi connectivity index (χ1) is 12.6. The Balaban J connectivity index is 1.68. The number of ether oxygens (including phenoxy) is 1. The van der Waals surface area contributed by atoms with E-state index < -0.39 is 0 Å². The van der Waals surface area contributed by atoms with E-state index in [9.17, 15) is 0 Å². The van der Waals surface area contributed by atoms with Gasteiger partial charge < -0.3 is 4.74 Å². The van der Waals surface area contributed by atoms with Gasteiger partial charge in [0, 0.05) is 17.5 Å². The second-order valence-corrected chi connectivity index (χ2v) is 8.01. The number of rotatable bonds is 0. The Hall–Kier alpha value is -2.87. The summed E-state index contributed by atoms with van der Waals surface area (Å²) in [6, 6.07) is 15.1. The zero-order valence-electron chi connectivity index (χ0n) is 14.9. The molecule has 1 aliphatic heterocycles. The maximum absolute atomic E-state index is 6.53. The number of nitrogens with zero attached hydrogens (tertiary/aromatic N) is 1. The molecule has 0 saturated heterocycles. The summed E-state index contributed by atoms with van der Waals surface area (Å²) in [6.07, 6.45) is 8.84. The standard InChI is InChI=1S/C24H19NO/c1-24(2)18-13-16-9-8-14-5-3-6-15-10-11-17(21(16)20(14)15)22(18)26-19-7-4-12-25-23(19)24/h3-13,17,22H,1-2H3. The molecule has 0 saturated carbocycles. The van der Waals surface area contributed by atoms with Crippen LogP contribution in [-0.2, 0) is 5.41 Å². The largest absolute Gasteiger partial charge is 0.483 e. The number of aromatic nitrogens is 1. The van der Waals surface area contributed by atoms with Gasteiger partial charge in [-0.25, -0.2) is 0 Å².